The Balaban J connectivity index is 1.63. The van der Waals surface area contributed by atoms with Crippen molar-refractivity contribution in [3.8, 4) is 0 Å². The number of nitrogens with two attached hydrogens (primary N) is 1. The number of hydrogen-bond donors (Lipinski definition) is 1. The van der Waals surface area contributed by atoms with E-state index in [0.717, 1.165) is 18.9 Å². The quantitative estimate of drug-likeness (QED) is 0.790. The van der Waals surface area contributed by atoms with Crippen LogP contribution in [-0.4, -0.2) is 55.1 Å². The van der Waals surface area contributed by atoms with Crippen molar-refractivity contribution in [2.24, 2.45) is 11.7 Å². The lowest BCUT2D eigenvalue weighted by Crippen LogP contribution is -2.43. The Morgan fingerprint density at radius 2 is 1.71 bits per heavy atom. The van der Waals surface area contributed by atoms with Crippen LogP contribution in [0.5, 0.6) is 0 Å². The Morgan fingerprint density at radius 1 is 1.06 bits per heavy atom. The Kier molecular flexibility index (Phi) is 5.26. The molecule has 3 heteroatoms. The van der Waals surface area contributed by atoms with Crippen molar-refractivity contribution in [2.45, 2.75) is 45.1 Å². The van der Waals surface area contributed by atoms with Crippen molar-refractivity contribution >= 4 is 0 Å². The van der Waals surface area contributed by atoms with Gasteiger partial charge in [0.25, 0.3) is 0 Å². The van der Waals surface area contributed by atoms with Crippen LogP contribution < -0.4 is 5.73 Å². The first kappa shape index (κ1) is 13.3. The molecule has 0 amide bonds. The molecule has 0 aromatic rings. The molecule has 0 aromatic heterocycles. The molecular formula is C14H29N3. The van der Waals surface area contributed by atoms with E-state index in [-0.39, 0.29) is 0 Å². The zero-order chi connectivity index (χ0) is 12.1. The summed E-state index contributed by atoms with van der Waals surface area (Å²) in [5.41, 5.74) is 6.02. The molecule has 3 nitrogen and oxygen atoms in total. The van der Waals surface area contributed by atoms with Gasteiger partial charge in [0.2, 0.25) is 0 Å². The van der Waals surface area contributed by atoms with Gasteiger partial charge in [0.05, 0.1) is 0 Å². The molecule has 2 fully saturated rings. The summed E-state index contributed by atoms with van der Waals surface area (Å²) in [6.45, 7) is 9.88. The number of piperidine rings is 1. The first-order valence-electron chi connectivity index (χ1n) is 7.48. The lowest BCUT2D eigenvalue weighted by molar-refractivity contribution is 0.147. The third-order valence-corrected chi connectivity index (χ3v) is 4.44. The van der Waals surface area contributed by atoms with Crippen molar-refractivity contribution in [3.05, 3.63) is 0 Å². The van der Waals surface area contributed by atoms with Crippen LogP contribution >= 0.6 is 0 Å². The molecular weight excluding hydrogens is 210 g/mol. The van der Waals surface area contributed by atoms with Crippen LogP contribution in [0.15, 0.2) is 0 Å². The third kappa shape index (κ3) is 4.23. The minimum atomic E-state index is 0.380. The second-order valence-electron chi connectivity index (χ2n) is 5.92. The number of hydrogen-bond acceptors (Lipinski definition) is 3. The molecule has 0 aromatic carbocycles. The fraction of sp³-hybridized carbons (Fsp3) is 1.00. The molecule has 2 aliphatic rings. The van der Waals surface area contributed by atoms with E-state index in [1.54, 1.807) is 0 Å². The van der Waals surface area contributed by atoms with Crippen molar-refractivity contribution in [1.82, 2.24) is 9.80 Å². The summed E-state index contributed by atoms with van der Waals surface area (Å²) >= 11 is 0. The maximum absolute atomic E-state index is 6.02. The van der Waals surface area contributed by atoms with Crippen LogP contribution in [0.4, 0.5) is 0 Å². The van der Waals surface area contributed by atoms with Gasteiger partial charge in [-0.15, -0.1) is 0 Å². The van der Waals surface area contributed by atoms with Crippen molar-refractivity contribution < 1.29 is 0 Å². The molecule has 2 rings (SSSR count). The van der Waals surface area contributed by atoms with Gasteiger partial charge < -0.3 is 15.5 Å². The average molecular weight is 239 g/mol. The molecule has 2 saturated heterocycles. The number of rotatable bonds is 5. The molecule has 0 saturated carbocycles. The van der Waals surface area contributed by atoms with E-state index in [9.17, 15) is 0 Å². The van der Waals surface area contributed by atoms with E-state index in [2.05, 4.69) is 16.7 Å². The minimum Gasteiger partial charge on any atom is -0.327 e. The summed E-state index contributed by atoms with van der Waals surface area (Å²) in [7, 11) is 0. The van der Waals surface area contributed by atoms with Crippen LogP contribution in [0.1, 0.15) is 39.0 Å². The van der Waals surface area contributed by atoms with E-state index >= 15 is 0 Å². The van der Waals surface area contributed by atoms with Gasteiger partial charge in [0.1, 0.15) is 0 Å². The van der Waals surface area contributed by atoms with Gasteiger partial charge in [-0.1, -0.05) is 6.92 Å². The second-order valence-corrected chi connectivity index (χ2v) is 5.92. The van der Waals surface area contributed by atoms with Gasteiger partial charge in [-0.05, 0) is 64.2 Å². The summed E-state index contributed by atoms with van der Waals surface area (Å²) in [6.07, 6.45) is 6.71. The highest BCUT2D eigenvalue weighted by molar-refractivity contribution is 4.78. The van der Waals surface area contributed by atoms with Gasteiger partial charge in [-0.3, -0.25) is 0 Å². The van der Waals surface area contributed by atoms with Crippen LogP contribution in [0.2, 0.25) is 0 Å². The van der Waals surface area contributed by atoms with E-state index in [0.29, 0.717) is 6.04 Å². The summed E-state index contributed by atoms with van der Waals surface area (Å²) in [5, 5.41) is 0. The molecule has 0 spiro atoms. The van der Waals surface area contributed by atoms with E-state index in [1.165, 1.54) is 58.4 Å². The molecule has 0 aliphatic carbocycles. The molecule has 2 aliphatic heterocycles. The summed E-state index contributed by atoms with van der Waals surface area (Å²) in [4.78, 5) is 5.23. The maximum Gasteiger partial charge on any atom is 0.0165 e. The van der Waals surface area contributed by atoms with Gasteiger partial charge in [-0.2, -0.15) is 0 Å². The molecule has 2 N–H and O–H groups in total. The first-order chi connectivity index (χ1) is 8.28. The van der Waals surface area contributed by atoms with Gasteiger partial charge in [0, 0.05) is 19.1 Å². The van der Waals surface area contributed by atoms with Crippen molar-refractivity contribution in [1.29, 1.82) is 0 Å². The van der Waals surface area contributed by atoms with Crippen molar-refractivity contribution in [2.75, 3.05) is 39.3 Å². The maximum atomic E-state index is 6.02. The van der Waals surface area contributed by atoms with Crippen LogP contribution in [0, 0.1) is 5.92 Å². The van der Waals surface area contributed by atoms with E-state index < -0.39 is 0 Å². The monoisotopic (exact) mass is 239 g/mol. The normalized spacial score (nSPS) is 26.5. The van der Waals surface area contributed by atoms with Crippen LogP contribution in [-0.2, 0) is 0 Å². The largest absolute Gasteiger partial charge is 0.327 e. The SMILES string of the molecule is CCC(N)CN1CCC(CN2CCCC2)CC1. The highest BCUT2D eigenvalue weighted by atomic mass is 15.2. The van der Waals surface area contributed by atoms with Gasteiger partial charge in [-0.25, -0.2) is 0 Å². The Bertz CT molecular complexity index is 206. The van der Waals surface area contributed by atoms with Gasteiger partial charge in [0.15, 0.2) is 0 Å². The fourth-order valence-electron chi connectivity index (χ4n) is 3.14. The zero-order valence-corrected chi connectivity index (χ0v) is 11.4. The summed E-state index contributed by atoms with van der Waals surface area (Å²) in [6, 6.07) is 0.380. The molecule has 1 unspecified atom stereocenters. The molecule has 1 atom stereocenters. The summed E-state index contributed by atoms with van der Waals surface area (Å²) < 4.78 is 0. The predicted octanol–water partition coefficient (Wildman–Crippen LogP) is 1.53. The van der Waals surface area contributed by atoms with Crippen LogP contribution in [0.25, 0.3) is 0 Å². The molecule has 17 heavy (non-hydrogen) atoms. The Hall–Kier alpha value is -0.120. The topological polar surface area (TPSA) is 32.5 Å². The highest BCUT2D eigenvalue weighted by Crippen LogP contribution is 2.20. The Morgan fingerprint density at radius 3 is 2.29 bits per heavy atom. The van der Waals surface area contributed by atoms with Gasteiger partial charge >= 0.3 is 0 Å². The highest BCUT2D eigenvalue weighted by Gasteiger charge is 2.23. The predicted molar refractivity (Wildman–Crippen MR) is 73.1 cm³/mol. The lowest BCUT2D eigenvalue weighted by Gasteiger charge is -2.34. The first-order valence-corrected chi connectivity index (χ1v) is 7.48. The fourth-order valence-corrected chi connectivity index (χ4v) is 3.14. The molecule has 0 radical (unpaired) electrons. The number of nitrogens with zero attached hydrogens (tertiary/aromatic N) is 2. The molecule has 100 valence electrons. The second kappa shape index (κ2) is 6.72. The Labute approximate surface area is 106 Å². The van der Waals surface area contributed by atoms with E-state index in [4.69, 9.17) is 5.73 Å². The molecule has 0 bridgehead atoms. The van der Waals surface area contributed by atoms with E-state index in [1.807, 2.05) is 0 Å². The smallest absolute Gasteiger partial charge is 0.0165 e. The third-order valence-electron chi connectivity index (χ3n) is 4.44. The number of likely N-dealkylation sites (tertiary alicyclic amines) is 2. The lowest BCUT2D eigenvalue weighted by atomic mass is 9.96. The standard InChI is InChI=1S/C14H29N3/c1-2-14(15)12-17-9-5-13(6-10-17)11-16-7-3-4-8-16/h13-14H,2-12,15H2,1H3. The molecule has 2 heterocycles. The zero-order valence-electron chi connectivity index (χ0n) is 11.4. The van der Waals surface area contributed by atoms with Crippen LogP contribution in [0.3, 0.4) is 0 Å². The van der Waals surface area contributed by atoms with Crippen molar-refractivity contribution in [3.63, 3.8) is 0 Å². The minimum absolute atomic E-state index is 0.380. The summed E-state index contributed by atoms with van der Waals surface area (Å²) in [5.74, 6) is 0.946. The average Bonchev–Trinajstić information content (AvgIpc) is 2.84.